The Hall–Kier alpha value is -0.920. The molecular weight excluding hydrogens is 164 g/mol. The van der Waals surface area contributed by atoms with Crippen molar-refractivity contribution in [2.75, 3.05) is 13.2 Å². The van der Waals surface area contributed by atoms with Gasteiger partial charge in [0.05, 0.1) is 25.7 Å². The van der Waals surface area contributed by atoms with E-state index in [4.69, 9.17) is 9.47 Å². The Balaban J connectivity index is 2.41. The molecule has 0 radical (unpaired) electrons. The lowest BCUT2D eigenvalue weighted by Gasteiger charge is -2.26. The zero-order chi connectivity index (χ0) is 9.57. The largest absolute Gasteiger partial charge is 0.501 e. The molecule has 0 heterocycles. The summed E-state index contributed by atoms with van der Waals surface area (Å²) >= 11 is 0. The SMILES string of the molecule is C=COCC1(COC=C)CCCC1. The van der Waals surface area contributed by atoms with Crippen LogP contribution in [0, 0.1) is 5.41 Å². The first kappa shape index (κ1) is 10.2. The van der Waals surface area contributed by atoms with E-state index in [1.54, 1.807) is 0 Å². The van der Waals surface area contributed by atoms with Crippen molar-refractivity contribution in [3.8, 4) is 0 Å². The molecule has 13 heavy (non-hydrogen) atoms. The maximum atomic E-state index is 5.27. The molecular formula is C11H18O2. The van der Waals surface area contributed by atoms with Crippen molar-refractivity contribution < 1.29 is 9.47 Å². The molecule has 1 aliphatic rings. The molecule has 1 fully saturated rings. The first-order valence-electron chi connectivity index (χ1n) is 4.78. The van der Waals surface area contributed by atoms with Crippen LogP contribution in [-0.2, 0) is 9.47 Å². The lowest BCUT2D eigenvalue weighted by atomic mass is 9.88. The molecule has 2 heteroatoms. The van der Waals surface area contributed by atoms with E-state index in [0.717, 1.165) is 13.2 Å². The van der Waals surface area contributed by atoms with E-state index in [1.165, 1.54) is 38.2 Å². The molecule has 0 saturated heterocycles. The third-order valence-electron chi connectivity index (χ3n) is 2.68. The maximum Gasteiger partial charge on any atom is 0.0961 e. The summed E-state index contributed by atoms with van der Waals surface area (Å²) in [6.45, 7) is 8.55. The van der Waals surface area contributed by atoms with E-state index in [-0.39, 0.29) is 5.41 Å². The van der Waals surface area contributed by atoms with Gasteiger partial charge in [-0.25, -0.2) is 0 Å². The molecule has 0 amide bonds. The zero-order valence-corrected chi connectivity index (χ0v) is 8.13. The molecule has 0 atom stereocenters. The predicted molar refractivity (Wildman–Crippen MR) is 53.2 cm³/mol. The average molecular weight is 182 g/mol. The fourth-order valence-corrected chi connectivity index (χ4v) is 1.93. The Morgan fingerprint density at radius 3 is 1.85 bits per heavy atom. The molecule has 0 aromatic rings. The van der Waals surface area contributed by atoms with Crippen LogP contribution in [-0.4, -0.2) is 13.2 Å². The monoisotopic (exact) mass is 182 g/mol. The Morgan fingerprint density at radius 2 is 1.46 bits per heavy atom. The van der Waals surface area contributed by atoms with Gasteiger partial charge in [-0.1, -0.05) is 26.0 Å². The molecule has 74 valence electrons. The number of hydrogen-bond donors (Lipinski definition) is 0. The lowest BCUT2D eigenvalue weighted by Crippen LogP contribution is -2.27. The normalized spacial score (nSPS) is 19.4. The standard InChI is InChI=1S/C11H18O2/c1-3-12-9-11(10-13-4-2)7-5-6-8-11/h3-4H,1-2,5-10H2. The van der Waals surface area contributed by atoms with E-state index in [1.807, 2.05) is 0 Å². The Kier molecular flexibility index (Phi) is 3.87. The first-order valence-corrected chi connectivity index (χ1v) is 4.78. The number of hydrogen-bond acceptors (Lipinski definition) is 2. The second-order valence-electron chi connectivity index (χ2n) is 3.66. The minimum atomic E-state index is 0.211. The van der Waals surface area contributed by atoms with Crippen LogP contribution < -0.4 is 0 Å². The molecule has 0 N–H and O–H groups in total. The smallest absolute Gasteiger partial charge is 0.0961 e. The number of ether oxygens (including phenoxy) is 2. The van der Waals surface area contributed by atoms with Gasteiger partial charge in [0, 0.05) is 5.41 Å². The van der Waals surface area contributed by atoms with Crippen molar-refractivity contribution in [1.82, 2.24) is 0 Å². The quantitative estimate of drug-likeness (QED) is 0.588. The van der Waals surface area contributed by atoms with Crippen LogP contribution >= 0.6 is 0 Å². The van der Waals surface area contributed by atoms with E-state index in [2.05, 4.69) is 13.2 Å². The summed E-state index contributed by atoms with van der Waals surface area (Å²) in [5, 5.41) is 0. The molecule has 0 unspecified atom stereocenters. The van der Waals surface area contributed by atoms with E-state index >= 15 is 0 Å². The van der Waals surface area contributed by atoms with Crippen LogP contribution in [0.3, 0.4) is 0 Å². The van der Waals surface area contributed by atoms with Crippen LogP contribution in [0.15, 0.2) is 25.7 Å². The van der Waals surface area contributed by atoms with E-state index < -0.39 is 0 Å². The van der Waals surface area contributed by atoms with Gasteiger partial charge in [-0.2, -0.15) is 0 Å². The van der Waals surface area contributed by atoms with Crippen molar-refractivity contribution in [3.05, 3.63) is 25.7 Å². The molecule has 0 aromatic heterocycles. The van der Waals surface area contributed by atoms with Crippen LogP contribution in [0.1, 0.15) is 25.7 Å². The van der Waals surface area contributed by atoms with Gasteiger partial charge in [0.25, 0.3) is 0 Å². The van der Waals surface area contributed by atoms with Gasteiger partial charge >= 0.3 is 0 Å². The topological polar surface area (TPSA) is 18.5 Å². The molecule has 1 aliphatic carbocycles. The highest BCUT2D eigenvalue weighted by Gasteiger charge is 2.35. The lowest BCUT2D eigenvalue weighted by molar-refractivity contribution is 0.0438. The van der Waals surface area contributed by atoms with Gasteiger partial charge < -0.3 is 9.47 Å². The van der Waals surface area contributed by atoms with Crippen molar-refractivity contribution in [2.45, 2.75) is 25.7 Å². The summed E-state index contributed by atoms with van der Waals surface area (Å²) in [7, 11) is 0. The van der Waals surface area contributed by atoms with Crippen molar-refractivity contribution in [3.63, 3.8) is 0 Å². The second-order valence-corrected chi connectivity index (χ2v) is 3.66. The average Bonchev–Trinajstić information content (AvgIpc) is 2.61. The van der Waals surface area contributed by atoms with Gasteiger partial charge in [0.1, 0.15) is 0 Å². The number of rotatable bonds is 6. The minimum Gasteiger partial charge on any atom is -0.501 e. The zero-order valence-electron chi connectivity index (χ0n) is 8.13. The molecule has 0 aromatic carbocycles. The molecule has 0 spiro atoms. The van der Waals surface area contributed by atoms with Crippen LogP contribution in [0.4, 0.5) is 0 Å². The molecule has 2 nitrogen and oxygen atoms in total. The summed E-state index contributed by atoms with van der Waals surface area (Å²) in [6.07, 6.45) is 7.95. The van der Waals surface area contributed by atoms with Crippen molar-refractivity contribution >= 4 is 0 Å². The minimum absolute atomic E-state index is 0.211. The fraction of sp³-hybridized carbons (Fsp3) is 0.636. The Morgan fingerprint density at radius 1 is 1.00 bits per heavy atom. The second kappa shape index (κ2) is 4.95. The van der Waals surface area contributed by atoms with Gasteiger partial charge in [-0.15, -0.1) is 0 Å². The summed E-state index contributed by atoms with van der Waals surface area (Å²) < 4.78 is 10.5. The highest BCUT2D eigenvalue weighted by Crippen LogP contribution is 2.38. The Bertz CT molecular complexity index is 155. The van der Waals surface area contributed by atoms with Crippen LogP contribution in [0.2, 0.25) is 0 Å². The highest BCUT2D eigenvalue weighted by atomic mass is 16.5. The van der Waals surface area contributed by atoms with Crippen molar-refractivity contribution in [1.29, 1.82) is 0 Å². The third kappa shape index (κ3) is 2.79. The molecule has 1 saturated carbocycles. The Labute approximate surface area is 80.2 Å². The van der Waals surface area contributed by atoms with E-state index in [9.17, 15) is 0 Å². The van der Waals surface area contributed by atoms with E-state index in [0.29, 0.717) is 0 Å². The van der Waals surface area contributed by atoms with Crippen LogP contribution in [0.5, 0.6) is 0 Å². The van der Waals surface area contributed by atoms with Crippen molar-refractivity contribution in [2.24, 2.45) is 5.41 Å². The summed E-state index contributed by atoms with van der Waals surface area (Å²) in [5.41, 5.74) is 0.211. The maximum absolute atomic E-state index is 5.27. The highest BCUT2D eigenvalue weighted by molar-refractivity contribution is 4.85. The summed E-state index contributed by atoms with van der Waals surface area (Å²) in [5.74, 6) is 0. The third-order valence-corrected chi connectivity index (χ3v) is 2.68. The fourth-order valence-electron chi connectivity index (χ4n) is 1.93. The first-order chi connectivity index (χ1) is 6.33. The molecule has 0 bridgehead atoms. The molecule has 0 aliphatic heterocycles. The van der Waals surface area contributed by atoms with Crippen LogP contribution in [0.25, 0.3) is 0 Å². The van der Waals surface area contributed by atoms with Gasteiger partial charge in [0.2, 0.25) is 0 Å². The van der Waals surface area contributed by atoms with Gasteiger partial charge in [-0.3, -0.25) is 0 Å². The predicted octanol–water partition coefficient (Wildman–Crippen LogP) is 2.87. The summed E-state index contributed by atoms with van der Waals surface area (Å²) in [4.78, 5) is 0. The molecule has 1 rings (SSSR count). The van der Waals surface area contributed by atoms with Gasteiger partial charge in [0.15, 0.2) is 0 Å². The van der Waals surface area contributed by atoms with Gasteiger partial charge in [-0.05, 0) is 12.8 Å². The summed E-state index contributed by atoms with van der Waals surface area (Å²) in [6, 6.07) is 0.